The topological polar surface area (TPSA) is 67.8 Å². The van der Waals surface area contributed by atoms with Gasteiger partial charge in [-0.25, -0.2) is 0 Å². The number of rotatable bonds is 3. The summed E-state index contributed by atoms with van der Waals surface area (Å²) >= 11 is 0. The smallest absolute Gasteiger partial charge is 0.274 e. The van der Waals surface area contributed by atoms with Crippen molar-refractivity contribution in [1.82, 2.24) is 20.0 Å². The van der Waals surface area contributed by atoms with Gasteiger partial charge in [-0.3, -0.25) is 9.69 Å². The van der Waals surface area contributed by atoms with E-state index in [-0.39, 0.29) is 5.91 Å². The Labute approximate surface area is 130 Å². The second kappa shape index (κ2) is 6.58. The summed E-state index contributed by atoms with van der Waals surface area (Å²) < 4.78 is 10.4. The van der Waals surface area contributed by atoms with Crippen LogP contribution >= 0.6 is 0 Å². The van der Waals surface area contributed by atoms with Gasteiger partial charge >= 0.3 is 0 Å². The van der Waals surface area contributed by atoms with Gasteiger partial charge in [-0.05, 0) is 12.0 Å². The molecule has 3 rings (SSSR count). The molecule has 0 aliphatic carbocycles. The maximum atomic E-state index is 12.6. The Hall–Kier alpha value is -1.73. The molecular weight excluding hydrogens is 284 g/mol. The third-order valence-corrected chi connectivity index (χ3v) is 4.44. The van der Waals surface area contributed by atoms with Gasteiger partial charge in [0.2, 0.25) is 5.88 Å². The molecule has 1 aromatic rings. The molecule has 2 aliphatic heterocycles. The van der Waals surface area contributed by atoms with Crippen LogP contribution in [0, 0.1) is 5.92 Å². The van der Waals surface area contributed by atoms with Crippen molar-refractivity contribution in [3.8, 4) is 5.88 Å². The van der Waals surface area contributed by atoms with Gasteiger partial charge in [-0.15, -0.1) is 10.2 Å². The second-order valence-corrected chi connectivity index (χ2v) is 5.86. The van der Waals surface area contributed by atoms with E-state index in [9.17, 15) is 4.79 Å². The lowest BCUT2D eigenvalue weighted by atomic mass is 10.0. The Morgan fingerprint density at radius 1 is 1.27 bits per heavy atom. The van der Waals surface area contributed by atoms with E-state index in [1.165, 1.54) is 7.11 Å². The zero-order valence-corrected chi connectivity index (χ0v) is 13.1. The summed E-state index contributed by atoms with van der Waals surface area (Å²) in [6.45, 7) is 7.15. The first-order valence-electron chi connectivity index (χ1n) is 7.68. The van der Waals surface area contributed by atoms with Crippen molar-refractivity contribution in [2.45, 2.75) is 13.0 Å². The summed E-state index contributed by atoms with van der Waals surface area (Å²) in [6, 6.07) is 3.74. The summed E-state index contributed by atoms with van der Waals surface area (Å²) in [5.41, 5.74) is 0.371. The molecule has 7 heteroatoms. The molecule has 0 unspecified atom stereocenters. The lowest BCUT2D eigenvalue weighted by molar-refractivity contribution is 0.0119. The zero-order chi connectivity index (χ0) is 15.5. The van der Waals surface area contributed by atoms with Crippen molar-refractivity contribution in [3.05, 3.63) is 17.8 Å². The van der Waals surface area contributed by atoms with E-state index in [1.54, 1.807) is 12.1 Å². The number of methoxy groups -OCH3 is 1. The summed E-state index contributed by atoms with van der Waals surface area (Å²) in [5.74, 6) is 0.809. The first kappa shape index (κ1) is 15.2. The lowest BCUT2D eigenvalue weighted by Crippen LogP contribution is -2.47. The van der Waals surface area contributed by atoms with Crippen LogP contribution < -0.4 is 4.74 Å². The van der Waals surface area contributed by atoms with Crippen molar-refractivity contribution in [3.63, 3.8) is 0 Å². The number of carbonyl (C=O) groups is 1. The highest BCUT2D eigenvalue weighted by molar-refractivity contribution is 5.92. The molecule has 120 valence electrons. The largest absolute Gasteiger partial charge is 0.480 e. The highest BCUT2D eigenvalue weighted by Crippen LogP contribution is 2.24. The molecule has 1 amide bonds. The number of morpholine rings is 1. The number of aromatic nitrogens is 2. The van der Waals surface area contributed by atoms with Crippen LogP contribution in [-0.4, -0.2) is 78.4 Å². The first-order chi connectivity index (χ1) is 10.7. The lowest BCUT2D eigenvalue weighted by Gasteiger charge is -2.33. The molecule has 2 fully saturated rings. The molecule has 0 aromatic carbocycles. The van der Waals surface area contributed by atoms with Gasteiger partial charge in [-0.1, -0.05) is 6.92 Å². The molecule has 2 aliphatic rings. The van der Waals surface area contributed by atoms with Gasteiger partial charge in [0, 0.05) is 38.3 Å². The molecular formula is C15H22N4O3. The highest BCUT2D eigenvalue weighted by Gasteiger charge is 2.37. The zero-order valence-electron chi connectivity index (χ0n) is 13.1. The van der Waals surface area contributed by atoms with E-state index in [2.05, 4.69) is 22.0 Å². The van der Waals surface area contributed by atoms with E-state index in [0.717, 1.165) is 39.4 Å². The minimum Gasteiger partial charge on any atom is -0.480 e. The quantitative estimate of drug-likeness (QED) is 0.799. The number of nitrogens with zero attached hydrogens (tertiary/aromatic N) is 4. The minimum absolute atomic E-state index is 0.0576. The Kier molecular flexibility index (Phi) is 4.54. The Balaban J connectivity index is 1.66. The van der Waals surface area contributed by atoms with Crippen LogP contribution in [0.4, 0.5) is 0 Å². The molecule has 2 atom stereocenters. The predicted molar refractivity (Wildman–Crippen MR) is 79.8 cm³/mol. The summed E-state index contributed by atoms with van der Waals surface area (Å²) in [6.07, 6.45) is 0. The molecule has 0 spiro atoms. The van der Waals surface area contributed by atoms with Gasteiger partial charge in [0.25, 0.3) is 5.91 Å². The van der Waals surface area contributed by atoms with Crippen molar-refractivity contribution < 1.29 is 14.3 Å². The van der Waals surface area contributed by atoms with Gasteiger partial charge in [0.1, 0.15) is 0 Å². The fraction of sp³-hybridized carbons (Fsp3) is 0.667. The molecule has 0 saturated carbocycles. The Morgan fingerprint density at radius 2 is 2.05 bits per heavy atom. The molecule has 0 N–H and O–H groups in total. The number of likely N-dealkylation sites (tertiary alicyclic amines) is 1. The number of ether oxygens (including phenoxy) is 2. The Bertz CT molecular complexity index is 516. The van der Waals surface area contributed by atoms with E-state index < -0.39 is 0 Å². The number of hydrogen-bond donors (Lipinski definition) is 0. The van der Waals surface area contributed by atoms with Crippen LogP contribution in [0.5, 0.6) is 5.88 Å². The first-order valence-corrected chi connectivity index (χ1v) is 7.68. The number of amides is 1. The standard InChI is InChI=1S/C15H22N4O3/c1-11-9-19(10-13(11)18-5-7-22-8-6-18)15(20)12-3-4-14(21-2)17-16-12/h3-4,11,13H,5-10H2,1-2H3/t11-,13-/m1/s1. The number of hydrogen-bond acceptors (Lipinski definition) is 6. The van der Waals surface area contributed by atoms with Gasteiger partial charge in [-0.2, -0.15) is 0 Å². The van der Waals surface area contributed by atoms with Gasteiger partial charge in [0.05, 0.1) is 20.3 Å². The fourth-order valence-corrected chi connectivity index (χ4v) is 3.20. The van der Waals surface area contributed by atoms with Gasteiger partial charge in [0.15, 0.2) is 5.69 Å². The molecule has 0 bridgehead atoms. The molecule has 1 aromatic heterocycles. The second-order valence-electron chi connectivity index (χ2n) is 5.86. The molecule has 0 radical (unpaired) electrons. The third-order valence-electron chi connectivity index (χ3n) is 4.44. The maximum absolute atomic E-state index is 12.6. The average molecular weight is 306 g/mol. The maximum Gasteiger partial charge on any atom is 0.274 e. The van der Waals surface area contributed by atoms with Crippen LogP contribution in [0.15, 0.2) is 12.1 Å². The summed E-state index contributed by atoms with van der Waals surface area (Å²) in [4.78, 5) is 16.9. The van der Waals surface area contributed by atoms with Crippen molar-refractivity contribution in [2.24, 2.45) is 5.92 Å². The summed E-state index contributed by atoms with van der Waals surface area (Å²) in [7, 11) is 1.53. The normalized spacial score (nSPS) is 26.2. The minimum atomic E-state index is -0.0576. The van der Waals surface area contributed by atoms with E-state index >= 15 is 0 Å². The van der Waals surface area contributed by atoms with Crippen molar-refractivity contribution in [1.29, 1.82) is 0 Å². The van der Waals surface area contributed by atoms with Crippen molar-refractivity contribution in [2.75, 3.05) is 46.5 Å². The van der Waals surface area contributed by atoms with Crippen LogP contribution in [-0.2, 0) is 4.74 Å². The summed E-state index contributed by atoms with van der Waals surface area (Å²) in [5, 5.41) is 7.83. The van der Waals surface area contributed by atoms with E-state index in [0.29, 0.717) is 23.5 Å². The van der Waals surface area contributed by atoms with E-state index in [4.69, 9.17) is 9.47 Å². The molecule has 3 heterocycles. The average Bonchev–Trinajstić information content (AvgIpc) is 2.97. The van der Waals surface area contributed by atoms with Crippen LogP contribution in [0.1, 0.15) is 17.4 Å². The van der Waals surface area contributed by atoms with Crippen LogP contribution in [0.2, 0.25) is 0 Å². The van der Waals surface area contributed by atoms with Crippen molar-refractivity contribution >= 4 is 5.91 Å². The predicted octanol–water partition coefficient (Wildman–Crippen LogP) is 0.278. The third kappa shape index (κ3) is 3.05. The molecule has 22 heavy (non-hydrogen) atoms. The van der Waals surface area contributed by atoms with Crippen LogP contribution in [0.25, 0.3) is 0 Å². The SMILES string of the molecule is COc1ccc(C(=O)N2C[C@@H](C)[C@H](N3CCOCC3)C2)nn1. The number of carbonyl (C=O) groups excluding carboxylic acids is 1. The van der Waals surface area contributed by atoms with Crippen LogP contribution in [0.3, 0.4) is 0 Å². The monoisotopic (exact) mass is 306 g/mol. The van der Waals surface area contributed by atoms with Gasteiger partial charge < -0.3 is 14.4 Å². The molecule has 2 saturated heterocycles. The fourth-order valence-electron chi connectivity index (χ4n) is 3.20. The Morgan fingerprint density at radius 3 is 2.68 bits per heavy atom. The van der Waals surface area contributed by atoms with E-state index in [1.807, 2.05) is 4.90 Å². The highest BCUT2D eigenvalue weighted by atomic mass is 16.5. The molecule has 7 nitrogen and oxygen atoms in total.